The van der Waals surface area contributed by atoms with Gasteiger partial charge in [-0.2, -0.15) is 13.2 Å². The summed E-state index contributed by atoms with van der Waals surface area (Å²) in [6.07, 6.45) is -5.66. The van der Waals surface area contributed by atoms with Gasteiger partial charge in [0.25, 0.3) is 5.56 Å². The molecule has 0 saturated carbocycles. The minimum Gasteiger partial charge on any atom is -0.390 e. The maximum Gasteiger partial charge on any atom is 0.431 e. The van der Waals surface area contributed by atoms with Crippen molar-refractivity contribution >= 4 is 0 Å². The summed E-state index contributed by atoms with van der Waals surface area (Å²) in [6, 6.07) is 2.91. The third kappa shape index (κ3) is 3.85. The largest absolute Gasteiger partial charge is 0.431 e. The molecule has 0 saturated heterocycles. The highest BCUT2D eigenvalue weighted by Crippen LogP contribution is 2.28. The van der Waals surface area contributed by atoms with Crippen LogP contribution < -0.4 is 10.9 Å². The number of pyridine rings is 1. The second-order valence-electron chi connectivity index (χ2n) is 3.82. The third-order valence-electron chi connectivity index (χ3n) is 2.36. The number of rotatable bonds is 5. The average molecular weight is 264 g/mol. The van der Waals surface area contributed by atoms with E-state index in [0.717, 1.165) is 18.2 Å². The molecule has 102 valence electrons. The summed E-state index contributed by atoms with van der Waals surface area (Å²) in [4.78, 5) is 11.4. The molecule has 1 heterocycles. The Morgan fingerprint density at radius 2 is 2.11 bits per heavy atom. The molecule has 1 aromatic heterocycles. The van der Waals surface area contributed by atoms with Gasteiger partial charge in [0.15, 0.2) is 0 Å². The molecule has 1 rings (SSSR count). The molecule has 1 unspecified atom stereocenters. The van der Waals surface area contributed by atoms with Crippen LogP contribution in [-0.4, -0.2) is 28.9 Å². The van der Waals surface area contributed by atoms with Crippen molar-refractivity contribution in [2.24, 2.45) is 0 Å². The molecule has 0 spiro atoms. The van der Waals surface area contributed by atoms with Crippen LogP contribution in [0.3, 0.4) is 0 Å². The number of nitrogens with one attached hydrogen (secondary N) is 1. The van der Waals surface area contributed by atoms with Gasteiger partial charge in [-0.25, -0.2) is 0 Å². The summed E-state index contributed by atoms with van der Waals surface area (Å²) in [5.41, 5.74) is -1.83. The number of halogens is 3. The fourth-order valence-corrected chi connectivity index (χ4v) is 1.54. The Bertz CT molecular complexity index is 443. The first-order valence-electron chi connectivity index (χ1n) is 5.52. The molecule has 0 amide bonds. The summed E-state index contributed by atoms with van der Waals surface area (Å²) < 4.78 is 38.6. The van der Waals surface area contributed by atoms with E-state index in [2.05, 4.69) is 5.32 Å². The summed E-state index contributed by atoms with van der Waals surface area (Å²) in [6.45, 7) is 2.14. The van der Waals surface area contributed by atoms with E-state index in [4.69, 9.17) is 0 Å². The molecule has 0 bridgehead atoms. The fraction of sp³-hybridized carbons (Fsp3) is 0.545. The highest BCUT2D eigenvalue weighted by Gasteiger charge is 2.34. The van der Waals surface area contributed by atoms with Crippen LogP contribution in [0.5, 0.6) is 0 Å². The zero-order valence-corrected chi connectivity index (χ0v) is 9.87. The Hall–Kier alpha value is -1.34. The number of hydrogen-bond donors (Lipinski definition) is 2. The predicted octanol–water partition coefficient (Wildman–Crippen LogP) is 0.838. The van der Waals surface area contributed by atoms with Crippen LogP contribution >= 0.6 is 0 Å². The van der Waals surface area contributed by atoms with Crippen LogP contribution in [0.1, 0.15) is 12.6 Å². The Morgan fingerprint density at radius 3 is 2.67 bits per heavy atom. The van der Waals surface area contributed by atoms with E-state index in [1.165, 1.54) is 0 Å². The van der Waals surface area contributed by atoms with Gasteiger partial charge in [0.2, 0.25) is 0 Å². The number of nitrogens with zero attached hydrogens (tertiary/aromatic N) is 1. The van der Waals surface area contributed by atoms with E-state index in [9.17, 15) is 23.1 Å². The first-order valence-corrected chi connectivity index (χ1v) is 5.52. The summed E-state index contributed by atoms with van der Waals surface area (Å²) in [7, 11) is 0. The van der Waals surface area contributed by atoms with Crippen LogP contribution in [0.4, 0.5) is 13.2 Å². The van der Waals surface area contributed by atoms with E-state index in [-0.39, 0.29) is 13.1 Å². The predicted molar refractivity (Wildman–Crippen MR) is 60.3 cm³/mol. The molecule has 2 N–H and O–H groups in total. The lowest BCUT2D eigenvalue weighted by Gasteiger charge is -2.18. The van der Waals surface area contributed by atoms with E-state index in [1.54, 1.807) is 0 Å². The highest BCUT2D eigenvalue weighted by atomic mass is 19.4. The van der Waals surface area contributed by atoms with Gasteiger partial charge in [0.1, 0.15) is 5.69 Å². The molecule has 0 fully saturated rings. The van der Waals surface area contributed by atoms with E-state index < -0.39 is 23.5 Å². The van der Waals surface area contributed by atoms with Crippen molar-refractivity contribution < 1.29 is 18.3 Å². The lowest BCUT2D eigenvalue weighted by atomic mass is 10.2. The Morgan fingerprint density at radius 1 is 1.44 bits per heavy atom. The fourth-order valence-electron chi connectivity index (χ4n) is 1.54. The molecule has 0 radical (unpaired) electrons. The van der Waals surface area contributed by atoms with Crippen LogP contribution in [0.2, 0.25) is 0 Å². The average Bonchev–Trinajstić information content (AvgIpc) is 2.27. The molecular weight excluding hydrogens is 249 g/mol. The summed E-state index contributed by atoms with van der Waals surface area (Å²) >= 11 is 0. The first kappa shape index (κ1) is 14.7. The van der Waals surface area contributed by atoms with Crippen LogP contribution in [-0.2, 0) is 12.7 Å². The van der Waals surface area contributed by atoms with Crippen molar-refractivity contribution in [3.63, 3.8) is 0 Å². The molecule has 18 heavy (non-hydrogen) atoms. The van der Waals surface area contributed by atoms with Crippen molar-refractivity contribution in [3.8, 4) is 0 Å². The van der Waals surface area contributed by atoms with Crippen molar-refractivity contribution in [2.45, 2.75) is 25.7 Å². The maximum absolute atomic E-state index is 12.7. The molecular formula is C11H15F3N2O2. The van der Waals surface area contributed by atoms with Gasteiger partial charge in [0.05, 0.1) is 12.6 Å². The quantitative estimate of drug-likeness (QED) is 0.828. The number of aliphatic hydroxyl groups excluding tert-OH is 1. The molecule has 1 atom stereocenters. The van der Waals surface area contributed by atoms with Crippen molar-refractivity contribution in [2.75, 3.05) is 13.1 Å². The van der Waals surface area contributed by atoms with Gasteiger partial charge in [-0.15, -0.1) is 0 Å². The first-order chi connectivity index (χ1) is 8.36. The SMILES string of the molecule is CCNCC(O)Cn1c(C(F)(F)F)cccc1=O. The van der Waals surface area contributed by atoms with Gasteiger partial charge in [-0.3, -0.25) is 4.79 Å². The van der Waals surface area contributed by atoms with Crippen molar-refractivity contribution in [1.29, 1.82) is 0 Å². The Balaban J connectivity index is 2.97. The second-order valence-corrected chi connectivity index (χ2v) is 3.82. The lowest BCUT2D eigenvalue weighted by Crippen LogP contribution is -2.36. The standard InChI is InChI=1S/C11H15F3N2O2/c1-2-15-6-8(17)7-16-9(11(12,13)14)4-3-5-10(16)18/h3-5,8,15,17H,2,6-7H2,1H3. The number of alkyl halides is 3. The zero-order valence-electron chi connectivity index (χ0n) is 9.87. The van der Waals surface area contributed by atoms with Crippen molar-refractivity contribution in [1.82, 2.24) is 9.88 Å². The lowest BCUT2D eigenvalue weighted by molar-refractivity contribution is -0.144. The minimum atomic E-state index is -4.61. The molecule has 7 heteroatoms. The molecule has 0 aliphatic rings. The van der Waals surface area contributed by atoms with Crippen molar-refractivity contribution in [3.05, 3.63) is 34.2 Å². The van der Waals surface area contributed by atoms with Gasteiger partial charge >= 0.3 is 6.18 Å². The summed E-state index contributed by atoms with van der Waals surface area (Å²) in [5.74, 6) is 0. The van der Waals surface area contributed by atoms with E-state index in [1.807, 2.05) is 6.92 Å². The van der Waals surface area contributed by atoms with Gasteiger partial charge in [0, 0.05) is 12.6 Å². The smallest absolute Gasteiger partial charge is 0.390 e. The highest BCUT2D eigenvalue weighted by molar-refractivity contribution is 5.10. The molecule has 4 nitrogen and oxygen atoms in total. The Labute approximate surface area is 102 Å². The number of aliphatic hydroxyl groups is 1. The molecule has 1 aromatic rings. The molecule has 0 aromatic carbocycles. The second kappa shape index (κ2) is 6.01. The molecule has 0 aliphatic carbocycles. The van der Waals surface area contributed by atoms with Gasteiger partial charge in [-0.05, 0) is 12.6 Å². The summed E-state index contributed by atoms with van der Waals surface area (Å²) in [5, 5.41) is 12.4. The van der Waals surface area contributed by atoms with Crippen LogP contribution in [0.25, 0.3) is 0 Å². The zero-order chi connectivity index (χ0) is 13.8. The number of likely N-dealkylation sites (N-methyl/N-ethyl adjacent to an activating group) is 1. The number of hydrogen-bond acceptors (Lipinski definition) is 3. The topological polar surface area (TPSA) is 54.3 Å². The van der Waals surface area contributed by atoms with Crippen LogP contribution in [0.15, 0.2) is 23.0 Å². The van der Waals surface area contributed by atoms with Gasteiger partial charge in [-0.1, -0.05) is 13.0 Å². The van der Waals surface area contributed by atoms with Crippen LogP contribution in [0, 0.1) is 0 Å². The molecule has 0 aliphatic heterocycles. The normalized spacial score (nSPS) is 13.6. The van der Waals surface area contributed by atoms with E-state index in [0.29, 0.717) is 11.1 Å². The maximum atomic E-state index is 12.7. The number of aromatic nitrogens is 1. The van der Waals surface area contributed by atoms with Gasteiger partial charge < -0.3 is 15.0 Å². The third-order valence-corrected chi connectivity index (χ3v) is 2.36. The monoisotopic (exact) mass is 264 g/mol. The minimum absolute atomic E-state index is 0.134. The van der Waals surface area contributed by atoms with E-state index >= 15 is 0 Å². The Kier molecular flexibility index (Phi) is 4.92.